The van der Waals surface area contributed by atoms with Gasteiger partial charge in [0.05, 0.1) is 22.1 Å². The van der Waals surface area contributed by atoms with E-state index in [1.165, 1.54) is 12.1 Å². The number of hydrogen-bond donors (Lipinski definition) is 0. The van der Waals surface area contributed by atoms with Gasteiger partial charge in [-0.15, -0.1) is 0 Å². The molecule has 0 aromatic heterocycles. The molecule has 0 N–H and O–H groups in total. The van der Waals surface area contributed by atoms with Crippen molar-refractivity contribution in [1.82, 2.24) is 0 Å². The Morgan fingerprint density at radius 2 is 1.85 bits per heavy atom. The van der Waals surface area contributed by atoms with Gasteiger partial charge in [0, 0.05) is 12.1 Å². The first-order valence-electron chi connectivity index (χ1n) is 7.01. The Balaban J connectivity index is 2.33. The number of carbonyl (C=O) groups is 1. The minimum atomic E-state index is -4.38. The van der Waals surface area contributed by atoms with Crippen LogP contribution in [0.3, 0.4) is 0 Å². The molecular formula is C15H11Cl2NO7S. The number of hydrogen-bond acceptors (Lipinski definition) is 7. The summed E-state index contributed by atoms with van der Waals surface area (Å²) in [5, 5.41) is 10.6. The standard InChI is InChI=1S/C15H11Cl2NO7S/c1-2-24-15(19)11-5-3-9(7-13(11)17)25-26(22,23)10-4-6-12(16)14(8-10)18(20)21/h3-8H,2H2,1H3. The van der Waals surface area contributed by atoms with Crippen molar-refractivity contribution < 1.29 is 27.1 Å². The third-order valence-electron chi connectivity index (χ3n) is 3.04. The molecule has 0 saturated heterocycles. The summed E-state index contributed by atoms with van der Waals surface area (Å²) in [5.41, 5.74) is -0.535. The van der Waals surface area contributed by atoms with Gasteiger partial charge in [-0.25, -0.2) is 4.79 Å². The first-order valence-corrected chi connectivity index (χ1v) is 9.17. The Hall–Kier alpha value is -2.36. The van der Waals surface area contributed by atoms with Gasteiger partial charge in [-0.05, 0) is 31.2 Å². The molecular weight excluding hydrogens is 409 g/mol. The Kier molecular flexibility index (Phi) is 6.06. The predicted molar refractivity (Wildman–Crippen MR) is 93.3 cm³/mol. The van der Waals surface area contributed by atoms with Gasteiger partial charge in [-0.2, -0.15) is 8.42 Å². The van der Waals surface area contributed by atoms with E-state index in [9.17, 15) is 23.3 Å². The summed E-state index contributed by atoms with van der Waals surface area (Å²) in [5.74, 6) is -0.846. The van der Waals surface area contributed by atoms with Gasteiger partial charge in [-0.1, -0.05) is 23.2 Å². The number of carbonyl (C=O) groups excluding carboxylic acids is 1. The van der Waals surface area contributed by atoms with Crippen LogP contribution in [0.4, 0.5) is 5.69 Å². The van der Waals surface area contributed by atoms with Crippen molar-refractivity contribution in [2.45, 2.75) is 11.8 Å². The van der Waals surface area contributed by atoms with E-state index in [0.29, 0.717) is 0 Å². The second kappa shape index (κ2) is 7.90. The Morgan fingerprint density at radius 1 is 1.15 bits per heavy atom. The summed E-state index contributed by atoms with van der Waals surface area (Å²) in [7, 11) is -4.38. The van der Waals surface area contributed by atoms with Crippen LogP contribution in [0.1, 0.15) is 17.3 Å². The number of esters is 1. The maximum absolute atomic E-state index is 12.3. The van der Waals surface area contributed by atoms with Crippen molar-refractivity contribution >= 4 is 45.0 Å². The largest absolute Gasteiger partial charge is 0.462 e. The second-order valence-corrected chi connectivity index (χ2v) is 7.13. The molecule has 0 aliphatic rings. The number of ether oxygens (including phenoxy) is 1. The average Bonchev–Trinajstić information content (AvgIpc) is 2.54. The highest BCUT2D eigenvalue weighted by atomic mass is 35.5. The Bertz CT molecular complexity index is 976. The molecule has 0 fully saturated rings. The fourth-order valence-corrected chi connectivity index (χ4v) is 3.26. The maximum atomic E-state index is 12.3. The van der Waals surface area contributed by atoms with Gasteiger partial charge < -0.3 is 8.92 Å². The van der Waals surface area contributed by atoms with Crippen molar-refractivity contribution in [2.75, 3.05) is 6.61 Å². The molecule has 0 unspecified atom stereocenters. The first kappa shape index (κ1) is 20.0. The van der Waals surface area contributed by atoms with Crippen LogP contribution in [0.25, 0.3) is 0 Å². The molecule has 0 aliphatic heterocycles. The number of nitro benzene ring substituents is 1. The average molecular weight is 420 g/mol. The SMILES string of the molecule is CCOC(=O)c1ccc(OS(=O)(=O)c2ccc(Cl)c([N+](=O)[O-])c2)cc1Cl. The van der Waals surface area contributed by atoms with Crippen LogP contribution in [0.5, 0.6) is 5.75 Å². The molecule has 2 aromatic carbocycles. The monoisotopic (exact) mass is 419 g/mol. The molecule has 0 radical (unpaired) electrons. The summed E-state index contributed by atoms with van der Waals surface area (Å²) in [6.07, 6.45) is 0. The molecule has 0 spiro atoms. The number of nitrogens with zero attached hydrogens (tertiary/aromatic N) is 1. The number of benzene rings is 2. The highest BCUT2D eigenvalue weighted by Gasteiger charge is 2.23. The lowest BCUT2D eigenvalue weighted by atomic mass is 10.2. The fourth-order valence-electron chi connectivity index (χ4n) is 1.88. The molecule has 0 amide bonds. The zero-order valence-electron chi connectivity index (χ0n) is 13.1. The highest BCUT2D eigenvalue weighted by molar-refractivity contribution is 7.87. The summed E-state index contributed by atoms with van der Waals surface area (Å²) in [6.45, 7) is 1.78. The van der Waals surface area contributed by atoms with Gasteiger partial charge in [0.25, 0.3) is 5.69 Å². The smallest absolute Gasteiger partial charge is 0.339 e. The van der Waals surface area contributed by atoms with E-state index in [-0.39, 0.29) is 28.0 Å². The maximum Gasteiger partial charge on any atom is 0.339 e. The van der Waals surface area contributed by atoms with E-state index in [1.807, 2.05) is 0 Å². The lowest BCUT2D eigenvalue weighted by molar-refractivity contribution is -0.384. The van der Waals surface area contributed by atoms with Crippen LogP contribution in [-0.2, 0) is 14.9 Å². The summed E-state index contributed by atoms with van der Waals surface area (Å²) >= 11 is 11.6. The van der Waals surface area contributed by atoms with Crippen molar-refractivity contribution in [1.29, 1.82) is 0 Å². The number of halogens is 2. The molecule has 0 heterocycles. The van der Waals surface area contributed by atoms with E-state index in [1.54, 1.807) is 6.92 Å². The third kappa shape index (κ3) is 4.43. The molecule has 0 saturated carbocycles. The molecule has 8 nitrogen and oxygen atoms in total. The molecule has 11 heteroatoms. The lowest BCUT2D eigenvalue weighted by Crippen LogP contribution is -2.11. The van der Waals surface area contributed by atoms with E-state index >= 15 is 0 Å². The zero-order valence-corrected chi connectivity index (χ0v) is 15.5. The molecule has 138 valence electrons. The third-order valence-corrected chi connectivity index (χ3v) is 4.92. The molecule has 26 heavy (non-hydrogen) atoms. The van der Waals surface area contributed by atoms with Crippen LogP contribution in [0, 0.1) is 10.1 Å². The second-order valence-electron chi connectivity index (χ2n) is 4.77. The van der Waals surface area contributed by atoms with Gasteiger partial charge in [0.1, 0.15) is 15.7 Å². The highest BCUT2D eigenvalue weighted by Crippen LogP contribution is 2.30. The normalized spacial score (nSPS) is 11.0. The molecule has 0 atom stereocenters. The van der Waals surface area contributed by atoms with Crippen LogP contribution in [0.2, 0.25) is 10.0 Å². The lowest BCUT2D eigenvalue weighted by Gasteiger charge is -2.09. The number of rotatable bonds is 6. The van der Waals surface area contributed by atoms with Crippen molar-refractivity contribution in [3.05, 3.63) is 62.1 Å². The summed E-state index contributed by atoms with van der Waals surface area (Å²) in [4.78, 5) is 21.3. The van der Waals surface area contributed by atoms with Gasteiger partial charge in [-0.3, -0.25) is 10.1 Å². The van der Waals surface area contributed by atoms with Gasteiger partial charge >= 0.3 is 16.1 Å². The van der Waals surface area contributed by atoms with E-state index in [0.717, 1.165) is 24.3 Å². The van der Waals surface area contributed by atoms with Crippen LogP contribution in [-0.4, -0.2) is 25.9 Å². The van der Waals surface area contributed by atoms with Gasteiger partial charge in [0.15, 0.2) is 0 Å². The Morgan fingerprint density at radius 3 is 2.42 bits per heavy atom. The molecule has 2 aromatic rings. The molecule has 2 rings (SSSR count). The minimum absolute atomic E-state index is 0.0420. The zero-order chi connectivity index (χ0) is 19.5. The van der Waals surface area contributed by atoms with Crippen molar-refractivity contribution in [3.63, 3.8) is 0 Å². The first-order chi connectivity index (χ1) is 12.2. The van der Waals surface area contributed by atoms with Crippen LogP contribution in [0.15, 0.2) is 41.3 Å². The summed E-state index contributed by atoms with van der Waals surface area (Å²) < 4.78 is 34.3. The van der Waals surface area contributed by atoms with Gasteiger partial charge in [0.2, 0.25) is 0 Å². The van der Waals surface area contributed by atoms with E-state index in [2.05, 4.69) is 0 Å². The molecule has 0 bridgehead atoms. The number of nitro groups is 1. The van der Waals surface area contributed by atoms with Crippen molar-refractivity contribution in [3.8, 4) is 5.75 Å². The van der Waals surface area contributed by atoms with Crippen LogP contribution < -0.4 is 4.18 Å². The van der Waals surface area contributed by atoms with Crippen molar-refractivity contribution in [2.24, 2.45) is 0 Å². The van der Waals surface area contributed by atoms with E-state index < -0.39 is 31.6 Å². The minimum Gasteiger partial charge on any atom is -0.462 e. The quantitative estimate of drug-likeness (QED) is 0.302. The fraction of sp³-hybridized carbons (Fsp3) is 0.133. The predicted octanol–water partition coefficient (Wildman–Crippen LogP) is 3.85. The topological polar surface area (TPSA) is 113 Å². The Labute approximate surface area is 158 Å². The summed E-state index contributed by atoms with van der Waals surface area (Å²) in [6, 6.07) is 6.50. The van der Waals surface area contributed by atoms with E-state index in [4.69, 9.17) is 32.1 Å². The van der Waals surface area contributed by atoms with Crippen LogP contribution >= 0.6 is 23.2 Å². The molecule has 0 aliphatic carbocycles.